The summed E-state index contributed by atoms with van der Waals surface area (Å²) in [6.45, 7) is 6.04. The maximum atomic E-state index is 13.6. The normalized spacial score (nSPS) is 20.5. The lowest BCUT2D eigenvalue weighted by atomic mass is 9.92. The van der Waals surface area contributed by atoms with Crippen LogP contribution in [0.3, 0.4) is 0 Å². The number of hydrogen-bond donors (Lipinski definition) is 1. The Kier molecular flexibility index (Phi) is 5.90. The molecule has 0 saturated carbocycles. The largest absolute Gasteiger partial charge is 0.341 e. The molecule has 25 heavy (non-hydrogen) atoms. The number of thioether (sulfide) groups is 1. The van der Waals surface area contributed by atoms with Gasteiger partial charge in [0, 0.05) is 13.1 Å². The second-order valence-electron chi connectivity index (χ2n) is 6.51. The van der Waals surface area contributed by atoms with Crippen molar-refractivity contribution in [3.63, 3.8) is 0 Å². The first-order valence-electron chi connectivity index (χ1n) is 8.27. The Morgan fingerprint density at radius 3 is 2.76 bits per heavy atom. The second kappa shape index (κ2) is 8.14. The minimum Gasteiger partial charge on any atom is -0.341 e. The van der Waals surface area contributed by atoms with E-state index in [1.807, 2.05) is 4.90 Å². The van der Waals surface area contributed by atoms with Gasteiger partial charge in [-0.05, 0) is 30.4 Å². The van der Waals surface area contributed by atoms with Gasteiger partial charge in [-0.15, -0.1) is 10.2 Å². The van der Waals surface area contributed by atoms with E-state index in [1.165, 1.54) is 35.6 Å². The van der Waals surface area contributed by atoms with Crippen molar-refractivity contribution in [3.8, 4) is 0 Å². The summed E-state index contributed by atoms with van der Waals surface area (Å²) in [4.78, 5) is 14.4. The van der Waals surface area contributed by atoms with Crippen LogP contribution in [0.25, 0.3) is 0 Å². The van der Waals surface area contributed by atoms with Crippen LogP contribution in [0.4, 0.5) is 15.2 Å². The third-order valence-corrected chi connectivity index (χ3v) is 6.02. The van der Waals surface area contributed by atoms with Gasteiger partial charge in [-0.25, -0.2) is 4.39 Å². The van der Waals surface area contributed by atoms with Crippen LogP contribution in [0.5, 0.6) is 0 Å². The van der Waals surface area contributed by atoms with Gasteiger partial charge < -0.3 is 10.2 Å². The average molecular weight is 381 g/mol. The van der Waals surface area contributed by atoms with Crippen molar-refractivity contribution in [2.24, 2.45) is 11.8 Å². The Morgan fingerprint density at radius 2 is 2.04 bits per heavy atom. The molecule has 2 aromatic rings. The van der Waals surface area contributed by atoms with Crippen LogP contribution in [-0.2, 0) is 4.79 Å². The molecule has 1 aromatic carbocycles. The highest BCUT2D eigenvalue weighted by atomic mass is 32.2. The first kappa shape index (κ1) is 18.1. The molecular formula is C17H21FN4OS2. The average Bonchev–Trinajstić information content (AvgIpc) is 3.01. The number of nitrogens with one attached hydrogen (secondary N) is 1. The number of carbonyl (C=O) groups excluding carboxylic acids is 1. The molecule has 2 atom stereocenters. The van der Waals surface area contributed by atoms with E-state index in [0.29, 0.717) is 32.7 Å². The monoisotopic (exact) mass is 380 g/mol. The number of amides is 1. The molecule has 0 radical (unpaired) electrons. The number of nitrogens with zero attached hydrogens (tertiary/aromatic N) is 3. The molecule has 3 rings (SSSR count). The number of hydrogen-bond acceptors (Lipinski definition) is 6. The van der Waals surface area contributed by atoms with E-state index in [-0.39, 0.29) is 11.7 Å². The van der Waals surface area contributed by atoms with E-state index in [0.717, 1.165) is 13.1 Å². The van der Waals surface area contributed by atoms with Crippen molar-refractivity contribution in [1.82, 2.24) is 15.1 Å². The van der Waals surface area contributed by atoms with Crippen molar-refractivity contribution >= 4 is 39.8 Å². The topological polar surface area (TPSA) is 58.1 Å². The Morgan fingerprint density at radius 1 is 1.32 bits per heavy atom. The van der Waals surface area contributed by atoms with Gasteiger partial charge in [-0.2, -0.15) is 0 Å². The van der Waals surface area contributed by atoms with Crippen LogP contribution in [-0.4, -0.2) is 39.8 Å². The number of benzene rings is 1. The quantitative estimate of drug-likeness (QED) is 0.794. The molecule has 8 heteroatoms. The Bertz CT molecular complexity index is 729. The smallest absolute Gasteiger partial charge is 0.233 e. The van der Waals surface area contributed by atoms with Crippen molar-refractivity contribution in [3.05, 3.63) is 30.1 Å². The molecule has 1 aliphatic rings. The summed E-state index contributed by atoms with van der Waals surface area (Å²) in [6.07, 6.45) is 1.18. The summed E-state index contributed by atoms with van der Waals surface area (Å²) in [5, 5.41) is 11.5. The molecule has 1 fully saturated rings. The Balaban J connectivity index is 1.53. The van der Waals surface area contributed by atoms with Gasteiger partial charge >= 0.3 is 0 Å². The summed E-state index contributed by atoms with van der Waals surface area (Å²) in [5.41, 5.74) is 0.363. The molecular weight excluding hydrogens is 359 g/mol. The third kappa shape index (κ3) is 4.92. The highest BCUT2D eigenvalue weighted by molar-refractivity contribution is 8.01. The minimum absolute atomic E-state index is 0.141. The van der Waals surface area contributed by atoms with Gasteiger partial charge in [0.1, 0.15) is 5.82 Å². The van der Waals surface area contributed by atoms with Crippen LogP contribution in [0, 0.1) is 17.7 Å². The summed E-state index contributed by atoms with van der Waals surface area (Å²) < 4.78 is 14.3. The van der Waals surface area contributed by atoms with E-state index in [2.05, 4.69) is 29.4 Å². The van der Waals surface area contributed by atoms with E-state index in [9.17, 15) is 9.18 Å². The molecule has 0 bridgehead atoms. The molecule has 1 amide bonds. The first-order chi connectivity index (χ1) is 12.0. The van der Waals surface area contributed by atoms with E-state index >= 15 is 0 Å². The lowest BCUT2D eigenvalue weighted by molar-refractivity contribution is -0.130. The van der Waals surface area contributed by atoms with E-state index < -0.39 is 0 Å². The first-order valence-corrected chi connectivity index (χ1v) is 10.1. The van der Waals surface area contributed by atoms with Gasteiger partial charge in [0.2, 0.25) is 11.0 Å². The molecule has 0 spiro atoms. The predicted molar refractivity (Wildman–Crippen MR) is 99.8 cm³/mol. The van der Waals surface area contributed by atoms with Gasteiger partial charge in [-0.1, -0.05) is 49.1 Å². The number of halogens is 1. The molecule has 1 N–H and O–H groups in total. The summed E-state index contributed by atoms with van der Waals surface area (Å²) in [6, 6.07) is 6.42. The summed E-state index contributed by atoms with van der Waals surface area (Å²) in [5.74, 6) is 1.26. The Hall–Kier alpha value is -1.67. The van der Waals surface area contributed by atoms with Gasteiger partial charge in [0.25, 0.3) is 0 Å². The minimum atomic E-state index is -0.338. The summed E-state index contributed by atoms with van der Waals surface area (Å²) >= 11 is 2.70. The number of likely N-dealkylation sites (tertiary alicyclic amines) is 1. The van der Waals surface area contributed by atoms with Gasteiger partial charge in [-0.3, -0.25) is 4.79 Å². The van der Waals surface area contributed by atoms with Gasteiger partial charge in [0.15, 0.2) is 4.34 Å². The third-order valence-electron chi connectivity index (χ3n) is 4.06. The molecule has 1 aromatic heterocycles. The maximum absolute atomic E-state index is 13.6. The lowest BCUT2D eigenvalue weighted by Crippen LogP contribution is -2.43. The SMILES string of the molecule is C[C@@H]1C[C@@H](C)CN(C(=O)CSc2nnc(Nc3ccccc3F)s2)C1. The van der Waals surface area contributed by atoms with Crippen molar-refractivity contribution in [1.29, 1.82) is 0 Å². The number of piperidine rings is 1. The molecule has 0 unspecified atom stereocenters. The molecule has 0 aliphatic carbocycles. The van der Waals surface area contributed by atoms with Crippen LogP contribution in [0.15, 0.2) is 28.6 Å². The van der Waals surface area contributed by atoms with Crippen LogP contribution >= 0.6 is 23.1 Å². The van der Waals surface area contributed by atoms with Crippen molar-refractivity contribution in [2.75, 3.05) is 24.2 Å². The lowest BCUT2D eigenvalue weighted by Gasteiger charge is -2.34. The standard InChI is InChI=1S/C17H21FN4OS2/c1-11-7-12(2)9-22(8-11)15(23)10-24-17-21-20-16(25-17)19-14-6-4-3-5-13(14)18/h3-6,11-12H,7-10H2,1-2H3,(H,19,20)/t11-,12-/m1/s1. The zero-order chi connectivity index (χ0) is 17.8. The fourth-order valence-electron chi connectivity index (χ4n) is 3.08. The molecule has 5 nitrogen and oxygen atoms in total. The van der Waals surface area contributed by atoms with E-state index in [4.69, 9.17) is 0 Å². The predicted octanol–water partition coefficient (Wildman–Crippen LogP) is 4.02. The van der Waals surface area contributed by atoms with Crippen LogP contribution in [0.2, 0.25) is 0 Å². The number of rotatable bonds is 5. The molecule has 1 aliphatic heterocycles. The van der Waals surface area contributed by atoms with Crippen LogP contribution in [0.1, 0.15) is 20.3 Å². The highest BCUT2D eigenvalue weighted by Gasteiger charge is 2.25. The zero-order valence-corrected chi connectivity index (χ0v) is 15.9. The fourth-order valence-corrected chi connectivity index (χ4v) is 4.74. The number of carbonyl (C=O) groups is 1. The Labute approximate surface area is 155 Å². The van der Waals surface area contributed by atoms with Gasteiger partial charge in [0.05, 0.1) is 11.4 Å². The number of aromatic nitrogens is 2. The second-order valence-corrected chi connectivity index (χ2v) is 8.71. The van der Waals surface area contributed by atoms with Crippen LogP contribution < -0.4 is 5.32 Å². The van der Waals surface area contributed by atoms with Crippen molar-refractivity contribution in [2.45, 2.75) is 24.6 Å². The maximum Gasteiger partial charge on any atom is 0.233 e. The number of anilines is 2. The van der Waals surface area contributed by atoms with Crippen molar-refractivity contribution < 1.29 is 9.18 Å². The van der Waals surface area contributed by atoms with E-state index in [1.54, 1.807) is 18.2 Å². The molecule has 2 heterocycles. The molecule has 134 valence electrons. The summed E-state index contributed by atoms with van der Waals surface area (Å²) in [7, 11) is 0. The fraction of sp³-hybridized carbons (Fsp3) is 0.471. The zero-order valence-electron chi connectivity index (χ0n) is 14.2. The molecule has 1 saturated heterocycles. The number of para-hydroxylation sites is 1. The highest BCUT2D eigenvalue weighted by Crippen LogP contribution is 2.29.